The lowest BCUT2D eigenvalue weighted by molar-refractivity contribution is 0.102. The first-order valence-corrected chi connectivity index (χ1v) is 8.46. The van der Waals surface area contributed by atoms with Crippen molar-refractivity contribution in [2.24, 2.45) is 0 Å². The molecular weight excluding hydrogens is 328 g/mol. The lowest BCUT2D eigenvalue weighted by atomic mass is 10.2. The molecule has 0 unspecified atom stereocenters. The van der Waals surface area contributed by atoms with E-state index in [-0.39, 0.29) is 11.6 Å². The highest BCUT2D eigenvalue weighted by molar-refractivity contribution is 6.03. The summed E-state index contributed by atoms with van der Waals surface area (Å²) in [4.78, 5) is 20.9. The predicted molar refractivity (Wildman–Crippen MR) is 102 cm³/mol. The fraction of sp³-hybridized carbons (Fsp3) is 0.150. The first-order valence-electron chi connectivity index (χ1n) is 8.46. The van der Waals surface area contributed by atoms with E-state index in [0.717, 1.165) is 13.0 Å². The molecule has 0 bridgehead atoms. The summed E-state index contributed by atoms with van der Waals surface area (Å²) in [5.74, 6) is 1.37. The summed E-state index contributed by atoms with van der Waals surface area (Å²) in [5, 5.41) is 5.92. The zero-order valence-electron chi connectivity index (χ0n) is 14.5. The molecule has 2 N–H and O–H groups in total. The number of ether oxygens (including phenoxy) is 1. The van der Waals surface area contributed by atoms with Crippen LogP contribution in [-0.2, 0) is 0 Å². The molecule has 132 valence electrons. The van der Waals surface area contributed by atoms with Gasteiger partial charge in [-0.05, 0) is 36.8 Å². The van der Waals surface area contributed by atoms with Crippen molar-refractivity contribution in [2.45, 2.75) is 13.3 Å². The zero-order valence-corrected chi connectivity index (χ0v) is 14.5. The first-order chi connectivity index (χ1) is 12.8. The van der Waals surface area contributed by atoms with E-state index in [4.69, 9.17) is 4.74 Å². The second-order valence-corrected chi connectivity index (χ2v) is 5.56. The van der Waals surface area contributed by atoms with Gasteiger partial charge in [0.15, 0.2) is 5.75 Å². The van der Waals surface area contributed by atoms with Crippen LogP contribution in [0.3, 0.4) is 0 Å². The van der Waals surface area contributed by atoms with E-state index >= 15 is 0 Å². The number of hydrogen-bond donors (Lipinski definition) is 2. The van der Waals surface area contributed by atoms with Crippen LogP contribution in [0.15, 0.2) is 66.9 Å². The van der Waals surface area contributed by atoms with Crippen LogP contribution in [0.4, 0.5) is 11.6 Å². The number of hydrogen-bond acceptors (Lipinski definition) is 5. The fourth-order valence-electron chi connectivity index (χ4n) is 2.27. The minimum absolute atomic E-state index is 0.285. The van der Waals surface area contributed by atoms with E-state index in [1.807, 2.05) is 49.4 Å². The van der Waals surface area contributed by atoms with Gasteiger partial charge in [-0.2, -0.15) is 0 Å². The van der Waals surface area contributed by atoms with Crippen LogP contribution >= 0.6 is 0 Å². The average Bonchev–Trinajstić information content (AvgIpc) is 2.69. The Labute approximate surface area is 152 Å². The van der Waals surface area contributed by atoms with Gasteiger partial charge in [-0.3, -0.25) is 4.79 Å². The Kier molecular flexibility index (Phi) is 5.77. The summed E-state index contributed by atoms with van der Waals surface area (Å²) in [6.07, 6.45) is 2.51. The Bertz CT molecular complexity index is 868. The molecule has 0 fully saturated rings. The highest BCUT2D eigenvalue weighted by atomic mass is 16.5. The molecule has 0 aliphatic heterocycles. The summed E-state index contributed by atoms with van der Waals surface area (Å²) in [7, 11) is 0. The van der Waals surface area contributed by atoms with Crippen LogP contribution in [-0.4, -0.2) is 22.4 Å². The van der Waals surface area contributed by atoms with Crippen LogP contribution in [0, 0.1) is 0 Å². The Balaban J connectivity index is 1.75. The summed E-state index contributed by atoms with van der Waals surface area (Å²) in [6, 6.07) is 18.3. The van der Waals surface area contributed by atoms with Crippen LogP contribution in [0.5, 0.6) is 11.5 Å². The van der Waals surface area contributed by atoms with Crippen molar-refractivity contribution in [2.75, 3.05) is 17.2 Å². The normalized spacial score (nSPS) is 10.2. The molecule has 2 aromatic carbocycles. The van der Waals surface area contributed by atoms with Gasteiger partial charge < -0.3 is 15.4 Å². The van der Waals surface area contributed by atoms with Crippen molar-refractivity contribution >= 4 is 17.5 Å². The van der Waals surface area contributed by atoms with E-state index in [2.05, 4.69) is 20.6 Å². The molecule has 6 nitrogen and oxygen atoms in total. The number of amides is 1. The second-order valence-electron chi connectivity index (χ2n) is 5.56. The Morgan fingerprint density at radius 1 is 1.04 bits per heavy atom. The molecule has 1 aromatic heterocycles. The van der Waals surface area contributed by atoms with Gasteiger partial charge in [0.2, 0.25) is 5.95 Å². The van der Waals surface area contributed by atoms with E-state index in [0.29, 0.717) is 23.1 Å². The minimum Gasteiger partial charge on any atom is -0.455 e. The van der Waals surface area contributed by atoms with Crippen LogP contribution in [0.1, 0.15) is 23.8 Å². The van der Waals surface area contributed by atoms with Gasteiger partial charge in [-0.25, -0.2) is 9.97 Å². The highest BCUT2D eigenvalue weighted by Crippen LogP contribution is 2.29. The van der Waals surface area contributed by atoms with Gasteiger partial charge in [0.05, 0.1) is 5.69 Å². The van der Waals surface area contributed by atoms with E-state index in [1.165, 1.54) is 0 Å². The molecule has 1 heterocycles. The molecule has 0 radical (unpaired) electrons. The maximum absolute atomic E-state index is 12.6. The summed E-state index contributed by atoms with van der Waals surface area (Å²) in [5.41, 5.74) is 0.858. The van der Waals surface area contributed by atoms with E-state index in [1.54, 1.807) is 24.4 Å². The molecular formula is C20H20N4O2. The fourth-order valence-corrected chi connectivity index (χ4v) is 2.27. The lowest BCUT2D eigenvalue weighted by Gasteiger charge is -2.12. The average molecular weight is 348 g/mol. The maximum atomic E-state index is 12.6. The van der Waals surface area contributed by atoms with Gasteiger partial charge >= 0.3 is 0 Å². The molecule has 1 amide bonds. The summed E-state index contributed by atoms with van der Waals surface area (Å²) >= 11 is 0. The third-order valence-corrected chi connectivity index (χ3v) is 3.53. The van der Waals surface area contributed by atoms with Gasteiger partial charge in [-0.15, -0.1) is 0 Å². The zero-order chi connectivity index (χ0) is 18.2. The minimum atomic E-state index is -0.323. The number of nitrogens with one attached hydrogen (secondary N) is 2. The molecule has 0 aliphatic carbocycles. The van der Waals surface area contributed by atoms with E-state index in [9.17, 15) is 4.79 Å². The van der Waals surface area contributed by atoms with Gasteiger partial charge in [0.25, 0.3) is 5.91 Å². The van der Waals surface area contributed by atoms with Crippen molar-refractivity contribution in [3.05, 3.63) is 72.6 Å². The molecule has 3 rings (SSSR count). The third kappa shape index (κ3) is 4.57. The Morgan fingerprint density at radius 3 is 2.62 bits per heavy atom. The highest BCUT2D eigenvalue weighted by Gasteiger charge is 2.12. The van der Waals surface area contributed by atoms with Gasteiger partial charge in [-0.1, -0.05) is 37.3 Å². The molecule has 26 heavy (non-hydrogen) atoms. The van der Waals surface area contributed by atoms with Crippen LogP contribution < -0.4 is 15.4 Å². The summed E-state index contributed by atoms with van der Waals surface area (Å²) in [6.45, 7) is 2.80. The second kappa shape index (κ2) is 8.62. The van der Waals surface area contributed by atoms with Crippen molar-refractivity contribution in [1.29, 1.82) is 0 Å². The molecule has 0 saturated heterocycles. The number of carbonyl (C=O) groups excluding carboxylic acids is 1. The Morgan fingerprint density at radius 2 is 1.81 bits per heavy atom. The molecule has 0 atom stereocenters. The molecule has 3 aromatic rings. The molecule has 0 saturated carbocycles. The smallest absolute Gasteiger partial charge is 0.274 e. The van der Waals surface area contributed by atoms with Crippen LogP contribution in [0.25, 0.3) is 0 Å². The number of aromatic nitrogens is 2. The lowest BCUT2D eigenvalue weighted by Crippen LogP contribution is -2.16. The number of rotatable bonds is 7. The monoisotopic (exact) mass is 348 g/mol. The molecule has 6 heteroatoms. The molecule has 0 aliphatic rings. The van der Waals surface area contributed by atoms with E-state index < -0.39 is 0 Å². The van der Waals surface area contributed by atoms with Gasteiger partial charge in [0, 0.05) is 12.7 Å². The number of carbonyl (C=O) groups is 1. The SMILES string of the molecule is CCCNc1nccc(C(=O)Nc2ccccc2Oc2ccccc2)n1. The summed E-state index contributed by atoms with van der Waals surface area (Å²) < 4.78 is 5.86. The predicted octanol–water partition coefficient (Wildman–Crippen LogP) is 4.34. The largest absolute Gasteiger partial charge is 0.455 e. The maximum Gasteiger partial charge on any atom is 0.274 e. The standard InChI is InChI=1S/C20H20N4O2/c1-2-13-21-20-22-14-12-17(24-20)19(25)23-16-10-6-7-11-18(16)26-15-8-4-3-5-9-15/h3-12,14H,2,13H2,1H3,(H,23,25)(H,21,22,24). The van der Waals surface area contributed by atoms with Crippen molar-refractivity contribution in [3.63, 3.8) is 0 Å². The third-order valence-electron chi connectivity index (χ3n) is 3.53. The number of benzene rings is 2. The van der Waals surface area contributed by atoms with Crippen molar-refractivity contribution in [3.8, 4) is 11.5 Å². The number of anilines is 2. The number of para-hydroxylation sites is 3. The number of nitrogens with zero attached hydrogens (tertiary/aromatic N) is 2. The van der Waals surface area contributed by atoms with Crippen molar-refractivity contribution in [1.82, 2.24) is 9.97 Å². The topological polar surface area (TPSA) is 76.1 Å². The Hall–Kier alpha value is -3.41. The van der Waals surface area contributed by atoms with Gasteiger partial charge in [0.1, 0.15) is 11.4 Å². The quantitative estimate of drug-likeness (QED) is 0.664. The van der Waals surface area contributed by atoms with Crippen LogP contribution in [0.2, 0.25) is 0 Å². The first kappa shape index (κ1) is 17.4. The molecule has 0 spiro atoms. The van der Waals surface area contributed by atoms with Crippen molar-refractivity contribution < 1.29 is 9.53 Å².